The van der Waals surface area contributed by atoms with Gasteiger partial charge in [-0.1, -0.05) is 37.3 Å². The van der Waals surface area contributed by atoms with Crippen LogP contribution in [0.3, 0.4) is 0 Å². The number of carbonyl (C=O) groups excluding carboxylic acids is 1. The van der Waals surface area contributed by atoms with Crippen LogP contribution in [0.15, 0.2) is 30.3 Å². The van der Waals surface area contributed by atoms with Gasteiger partial charge in [-0.2, -0.15) is 0 Å². The highest BCUT2D eigenvalue weighted by atomic mass is 16.3. The number of nitrogens with one attached hydrogen (secondary N) is 1. The van der Waals surface area contributed by atoms with Gasteiger partial charge in [0.1, 0.15) is 0 Å². The largest absolute Gasteiger partial charge is 0.389 e. The maximum absolute atomic E-state index is 11.5. The monoisotopic (exact) mass is 290 g/mol. The van der Waals surface area contributed by atoms with Crippen molar-refractivity contribution in [3.63, 3.8) is 0 Å². The topological polar surface area (TPSA) is 52.6 Å². The van der Waals surface area contributed by atoms with E-state index in [-0.39, 0.29) is 18.0 Å². The van der Waals surface area contributed by atoms with Gasteiger partial charge >= 0.3 is 0 Å². The molecule has 1 aliphatic rings. The number of aliphatic hydroxyl groups excluding tert-OH is 1. The Labute approximate surface area is 127 Å². The third-order valence-electron chi connectivity index (χ3n) is 4.33. The molecule has 1 fully saturated rings. The van der Waals surface area contributed by atoms with Gasteiger partial charge in [0, 0.05) is 19.0 Å². The number of hydrogen-bond acceptors (Lipinski definition) is 3. The maximum atomic E-state index is 11.5. The summed E-state index contributed by atoms with van der Waals surface area (Å²) in [6.07, 6.45) is 2.10. The highest BCUT2D eigenvalue weighted by molar-refractivity contribution is 5.76. The van der Waals surface area contributed by atoms with Crippen LogP contribution >= 0.6 is 0 Å². The van der Waals surface area contributed by atoms with E-state index in [0.29, 0.717) is 6.42 Å². The second kappa shape index (κ2) is 7.57. The molecule has 0 aliphatic carbocycles. The van der Waals surface area contributed by atoms with E-state index in [4.69, 9.17) is 0 Å². The number of nitrogens with zero attached hydrogens (tertiary/aromatic N) is 1. The lowest BCUT2D eigenvalue weighted by Gasteiger charge is -2.21. The van der Waals surface area contributed by atoms with Crippen LogP contribution in [0.4, 0.5) is 0 Å². The van der Waals surface area contributed by atoms with Crippen LogP contribution in [0.25, 0.3) is 0 Å². The van der Waals surface area contributed by atoms with E-state index in [1.165, 1.54) is 5.56 Å². The molecular formula is C17H26N2O2. The molecule has 21 heavy (non-hydrogen) atoms. The molecule has 4 heteroatoms. The van der Waals surface area contributed by atoms with Crippen molar-refractivity contribution in [1.82, 2.24) is 10.2 Å². The minimum Gasteiger partial charge on any atom is -0.389 e. The Morgan fingerprint density at radius 1 is 1.38 bits per heavy atom. The van der Waals surface area contributed by atoms with Crippen molar-refractivity contribution >= 4 is 5.91 Å². The Kier molecular flexibility index (Phi) is 5.76. The predicted octanol–water partition coefficient (Wildman–Crippen LogP) is 1.58. The number of aliphatic hydroxyl groups is 1. The molecule has 116 valence electrons. The van der Waals surface area contributed by atoms with Gasteiger partial charge < -0.3 is 10.4 Å². The van der Waals surface area contributed by atoms with Crippen molar-refractivity contribution in [3.8, 4) is 0 Å². The Morgan fingerprint density at radius 2 is 2.10 bits per heavy atom. The molecule has 1 aromatic carbocycles. The summed E-state index contributed by atoms with van der Waals surface area (Å²) in [5, 5.41) is 13.1. The lowest BCUT2D eigenvalue weighted by Crippen LogP contribution is -2.43. The first-order valence-electron chi connectivity index (χ1n) is 7.87. The molecule has 0 spiro atoms. The summed E-state index contributed by atoms with van der Waals surface area (Å²) < 4.78 is 0. The average Bonchev–Trinajstić information content (AvgIpc) is 2.76. The van der Waals surface area contributed by atoms with Gasteiger partial charge in [0.05, 0.1) is 12.1 Å². The molecule has 1 aromatic rings. The molecule has 0 saturated carbocycles. The predicted molar refractivity (Wildman–Crippen MR) is 84.0 cm³/mol. The SMILES string of the molecule is CCC(=O)N[C@H]1CN(CCCc2ccccc2)[C@@H](C)[C@@H]1O. The summed E-state index contributed by atoms with van der Waals surface area (Å²) >= 11 is 0. The average molecular weight is 290 g/mol. The fraction of sp³-hybridized carbons (Fsp3) is 0.588. The highest BCUT2D eigenvalue weighted by Gasteiger charge is 2.37. The van der Waals surface area contributed by atoms with Crippen LogP contribution in [-0.4, -0.2) is 47.2 Å². The second-order valence-electron chi connectivity index (χ2n) is 5.84. The second-order valence-corrected chi connectivity index (χ2v) is 5.84. The minimum absolute atomic E-state index is 0.0115. The summed E-state index contributed by atoms with van der Waals surface area (Å²) in [6, 6.07) is 10.4. The zero-order valence-electron chi connectivity index (χ0n) is 13.0. The lowest BCUT2D eigenvalue weighted by molar-refractivity contribution is -0.122. The van der Waals surface area contributed by atoms with E-state index in [9.17, 15) is 9.90 Å². The number of carbonyl (C=O) groups is 1. The zero-order valence-corrected chi connectivity index (χ0v) is 13.0. The summed E-state index contributed by atoms with van der Waals surface area (Å²) in [6.45, 7) is 5.55. The molecule has 1 saturated heterocycles. The van der Waals surface area contributed by atoms with Crippen LogP contribution in [0.2, 0.25) is 0 Å². The van der Waals surface area contributed by atoms with E-state index < -0.39 is 6.10 Å². The molecule has 2 rings (SSSR count). The summed E-state index contributed by atoms with van der Waals surface area (Å²) in [5.74, 6) is 0.0115. The number of amides is 1. The number of benzene rings is 1. The molecule has 1 heterocycles. The molecular weight excluding hydrogens is 264 g/mol. The molecule has 0 aromatic heterocycles. The molecule has 0 bridgehead atoms. The molecule has 0 radical (unpaired) electrons. The third-order valence-corrected chi connectivity index (χ3v) is 4.33. The van der Waals surface area contributed by atoms with E-state index in [1.54, 1.807) is 0 Å². The van der Waals surface area contributed by atoms with E-state index >= 15 is 0 Å². The first-order chi connectivity index (χ1) is 10.1. The number of hydrogen-bond donors (Lipinski definition) is 2. The van der Waals surface area contributed by atoms with Gasteiger partial charge in [0.15, 0.2) is 0 Å². The van der Waals surface area contributed by atoms with E-state index in [1.807, 2.05) is 19.9 Å². The fourth-order valence-corrected chi connectivity index (χ4v) is 2.94. The van der Waals surface area contributed by atoms with Crippen LogP contribution in [0.1, 0.15) is 32.3 Å². The minimum atomic E-state index is -0.475. The molecule has 1 aliphatic heterocycles. The van der Waals surface area contributed by atoms with E-state index in [2.05, 4.69) is 34.5 Å². The van der Waals surface area contributed by atoms with Crippen molar-refractivity contribution in [2.45, 2.75) is 51.3 Å². The van der Waals surface area contributed by atoms with Crippen molar-refractivity contribution in [3.05, 3.63) is 35.9 Å². The van der Waals surface area contributed by atoms with Crippen LogP contribution in [0, 0.1) is 0 Å². The van der Waals surface area contributed by atoms with Gasteiger partial charge in [-0.15, -0.1) is 0 Å². The van der Waals surface area contributed by atoms with Crippen LogP contribution < -0.4 is 5.32 Å². The quantitative estimate of drug-likeness (QED) is 0.836. The maximum Gasteiger partial charge on any atom is 0.220 e. The van der Waals surface area contributed by atoms with Gasteiger partial charge in [-0.25, -0.2) is 0 Å². The van der Waals surface area contributed by atoms with Crippen LogP contribution in [-0.2, 0) is 11.2 Å². The Morgan fingerprint density at radius 3 is 2.76 bits per heavy atom. The van der Waals surface area contributed by atoms with Crippen molar-refractivity contribution in [1.29, 1.82) is 0 Å². The van der Waals surface area contributed by atoms with Crippen LogP contribution in [0.5, 0.6) is 0 Å². The Bertz CT molecular complexity index is 449. The number of rotatable bonds is 6. The lowest BCUT2D eigenvalue weighted by atomic mass is 10.1. The summed E-state index contributed by atoms with van der Waals surface area (Å²) in [7, 11) is 0. The number of aryl methyl sites for hydroxylation is 1. The van der Waals surface area contributed by atoms with Crippen molar-refractivity contribution < 1.29 is 9.90 Å². The molecule has 3 atom stereocenters. The van der Waals surface area contributed by atoms with Gasteiger partial charge in [-0.05, 0) is 31.9 Å². The molecule has 2 N–H and O–H groups in total. The first kappa shape index (κ1) is 16.0. The Balaban J connectivity index is 1.79. The van der Waals surface area contributed by atoms with Gasteiger partial charge in [0.25, 0.3) is 0 Å². The zero-order chi connectivity index (χ0) is 15.2. The van der Waals surface area contributed by atoms with Crippen molar-refractivity contribution in [2.24, 2.45) is 0 Å². The third kappa shape index (κ3) is 4.29. The Hall–Kier alpha value is -1.39. The first-order valence-corrected chi connectivity index (χ1v) is 7.87. The smallest absolute Gasteiger partial charge is 0.220 e. The van der Waals surface area contributed by atoms with Gasteiger partial charge in [-0.3, -0.25) is 9.69 Å². The van der Waals surface area contributed by atoms with Crippen molar-refractivity contribution in [2.75, 3.05) is 13.1 Å². The summed E-state index contributed by atoms with van der Waals surface area (Å²) in [5.41, 5.74) is 1.35. The normalized spacial score (nSPS) is 26.0. The van der Waals surface area contributed by atoms with E-state index in [0.717, 1.165) is 25.9 Å². The molecule has 4 nitrogen and oxygen atoms in total. The fourth-order valence-electron chi connectivity index (χ4n) is 2.94. The molecule has 0 unspecified atom stereocenters. The number of likely N-dealkylation sites (tertiary alicyclic amines) is 1. The molecule has 1 amide bonds. The highest BCUT2D eigenvalue weighted by Crippen LogP contribution is 2.19. The summed E-state index contributed by atoms with van der Waals surface area (Å²) in [4.78, 5) is 13.8. The van der Waals surface area contributed by atoms with Gasteiger partial charge in [0.2, 0.25) is 5.91 Å². The standard InChI is InChI=1S/C17H26N2O2/c1-3-16(20)18-15-12-19(13(2)17(15)21)11-7-10-14-8-5-4-6-9-14/h4-6,8-9,13,15,17,21H,3,7,10-12H2,1-2H3,(H,18,20)/t13-,15-,17-/m0/s1.